The van der Waals surface area contributed by atoms with Crippen molar-refractivity contribution >= 4 is 40.5 Å². The Morgan fingerprint density at radius 2 is 1.83 bits per heavy atom. The third kappa shape index (κ3) is 3.08. The molecule has 1 N–H and O–H groups in total. The van der Waals surface area contributed by atoms with Gasteiger partial charge in [0.1, 0.15) is 0 Å². The SMILES string of the molecule is CC(Nc1cc(Cl)c(Cl)cc1Cl)c1cccnc1. The molecule has 1 unspecified atom stereocenters. The Hall–Kier alpha value is -0.960. The highest BCUT2D eigenvalue weighted by molar-refractivity contribution is 6.44. The number of nitrogens with zero attached hydrogens (tertiary/aromatic N) is 1. The van der Waals surface area contributed by atoms with Crippen LogP contribution in [0.3, 0.4) is 0 Å². The lowest BCUT2D eigenvalue weighted by atomic mass is 10.1. The molecule has 2 nitrogen and oxygen atoms in total. The van der Waals surface area contributed by atoms with Crippen LogP contribution in [0.15, 0.2) is 36.7 Å². The van der Waals surface area contributed by atoms with Gasteiger partial charge >= 0.3 is 0 Å². The molecular weight excluding hydrogens is 291 g/mol. The predicted molar refractivity (Wildman–Crippen MR) is 77.7 cm³/mol. The number of halogens is 3. The molecule has 94 valence electrons. The minimum atomic E-state index is 0.0773. The molecule has 2 rings (SSSR count). The van der Waals surface area contributed by atoms with Gasteiger partial charge in [-0.3, -0.25) is 4.98 Å². The van der Waals surface area contributed by atoms with Gasteiger partial charge in [0.2, 0.25) is 0 Å². The summed E-state index contributed by atoms with van der Waals surface area (Å²) >= 11 is 18.0. The molecule has 1 heterocycles. The van der Waals surface area contributed by atoms with Crippen molar-refractivity contribution in [1.82, 2.24) is 4.98 Å². The van der Waals surface area contributed by atoms with E-state index in [4.69, 9.17) is 34.8 Å². The minimum Gasteiger partial charge on any atom is -0.377 e. The number of benzene rings is 1. The third-order valence-corrected chi connectivity index (χ3v) is 3.60. The van der Waals surface area contributed by atoms with Crippen LogP contribution in [0.1, 0.15) is 18.5 Å². The second-order valence-corrected chi connectivity index (χ2v) is 5.12. The van der Waals surface area contributed by atoms with Gasteiger partial charge in [0, 0.05) is 12.4 Å². The normalized spacial score (nSPS) is 12.2. The van der Waals surface area contributed by atoms with E-state index in [2.05, 4.69) is 10.3 Å². The second-order valence-electron chi connectivity index (χ2n) is 3.90. The molecule has 0 bridgehead atoms. The van der Waals surface area contributed by atoms with Gasteiger partial charge < -0.3 is 5.32 Å². The van der Waals surface area contributed by atoms with Gasteiger partial charge in [0.15, 0.2) is 0 Å². The van der Waals surface area contributed by atoms with E-state index in [1.165, 1.54) is 0 Å². The predicted octanol–water partition coefficient (Wildman–Crippen LogP) is 5.21. The van der Waals surface area contributed by atoms with E-state index >= 15 is 0 Å². The quantitative estimate of drug-likeness (QED) is 0.787. The van der Waals surface area contributed by atoms with Gasteiger partial charge in [-0.2, -0.15) is 0 Å². The standard InChI is InChI=1S/C13H11Cl3N2/c1-8(9-3-2-4-17-7-9)18-13-6-11(15)10(14)5-12(13)16/h2-8,18H,1H3. The van der Waals surface area contributed by atoms with Crippen molar-refractivity contribution in [3.05, 3.63) is 57.3 Å². The van der Waals surface area contributed by atoms with Gasteiger partial charge in [-0.05, 0) is 30.7 Å². The van der Waals surface area contributed by atoms with Gasteiger partial charge in [-0.15, -0.1) is 0 Å². The van der Waals surface area contributed by atoms with E-state index in [1.807, 2.05) is 25.3 Å². The molecule has 0 fully saturated rings. The molecule has 0 aliphatic heterocycles. The summed E-state index contributed by atoms with van der Waals surface area (Å²) in [5, 5.41) is 4.74. The summed E-state index contributed by atoms with van der Waals surface area (Å²) in [6.07, 6.45) is 3.55. The summed E-state index contributed by atoms with van der Waals surface area (Å²) in [5.74, 6) is 0. The van der Waals surface area contributed by atoms with Crippen molar-refractivity contribution in [2.24, 2.45) is 0 Å². The fraction of sp³-hybridized carbons (Fsp3) is 0.154. The van der Waals surface area contributed by atoms with Crippen molar-refractivity contribution in [2.45, 2.75) is 13.0 Å². The molecule has 2 aromatic rings. The largest absolute Gasteiger partial charge is 0.377 e. The van der Waals surface area contributed by atoms with E-state index in [0.29, 0.717) is 15.1 Å². The molecule has 5 heteroatoms. The first kappa shape index (κ1) is 13.5. The van der Waals surface area contributed by atoms with Crippen molar-refractivity contribution in [3.8, 4) is 0 Å². The summed E-state index contributed by atoms with van der Waals surface area (Å²) in [6, 6.07) is 7.32. The number of anilines is 1. The minimum absolute atomic E-state index is 0.0773. The highest BCUT2D eigenvalue weighted by atomic mass is 35.5. The zero-order chi connectivity index (χ0) is 13.1. The van der Waals surface area contributed by atoms with Crippen molar-refractivity contribution < 1.29 is 0 Å². The van der Waals surface area contributed by atoms with E-state index in [-0.39, 0.29) is 6.04 Å². The van der Waals surface area contributed by atoms with E-state index in [0.717, 1.165) is 11.3 Å². The highest BCUT2D eigenvalue weighted by Gasteiger charge is 2.10. The maximum Gasteiger partial charge on any atom is 0.0653 e. The smallest absolute Gasteiger partial charge is 0.0653 e. The van der Waals surface area contributed by atoms with E-state index < -0.39 is 0 Å². The van der Waals surface area contributed by atoms with Crippen LogP contribution in [0.5, 0.6) is 0 Å². The molecule has 1 atom stereocenters. The summed E-state index contributed by atoms with van der Waals surface area (Å²) in [5.41, 5.74) is 1.82. The maximum absolute atomic E-state index is 6.11. The van der Waals surface area contributed by atoms with Crippen molar-refractivity contribution in [3.63, 3.8) is 0 Å². The molecular formula is C13H11Cl3N2. The molecule has 0 spiro atoms. The lowest BCUT2D eigenvalue weighted by molar-refractivity contribution is 0.876. The van der Waals surface area contributed by atoms with Crippen LogP contribution in [0.4, 0.5) is 5.69 Å². The van der Waals surface area contributed by atoms with Gasteiger partial charge in [-0.25, -0.2) is 0 Å². The summed E-state index contributed by atoms with van der Waals surface area (Å²) < 4.78 is 0. The van der Waals surface area contributed by atoms with Crippen LogP contribution in [-0.4, -0.2) is 4.98 Å². The van der Waals surface area contributed by atoms with Crippen LogP contribution >= 0.6 is 34.8 Å². The Morgan fingerprint density at radius 1 is 1.11 bits per heavy atom. The monoisotopic (exact) mass is 300 g/mol. The Kier molecular flexibility index (Phi) is 4.33. The maximum atomic E-state index is 6.11. The van der Waals surface area contributed by atoms with Gasteiger partial charge in [0.25, 0.3) is 0 Å². The molecule has 0 saturated carbocycles. The van der Waals surface area contributed by atoms with Crippen LogP contribution in [0, 0.1) is 0 Å². The summed E-state index contributed by atoms with van der Waals surface area (Å²) in [7, 11) is 0. The first-order chi connectivity index (χ1) is 8.58. The Morgan fingerprint density at radius 3 is 2.50 bits per heavy atom. The first-order valence-corrected chi connectivity index (χ1v) is 6.52. The molecule has 0 aliphatic rings. The lowest BCUT2D eigenvalue weighted by Crippen LogP contribution is -2.07. The molecule has 1 aromatic carbocycles. The molecule has 0 aliphatic carbocycles. The van der Waals surface area contributed by atoms with Crippen molar-refractivity contribution in [2.75, 3.05) is 5.32 Å². The fourth-order valence-electron chi connectivity index (χ4n) is 1.58. The Bertz CT molecular complexity index is 543. The summed E-state index contributed by atoms with van der Waals surface area (Å²) in [6.45, 7) is 2.02. The van der Waals surface area contributed by atoms with Crippen LogP contribution in [-0.2, 0) is 0 Å². The Balaban J connectivity index is 2.22. The lowest BCUT2D eigenvalue weighted by Gasteiger charge is -2.17. The van der Waals surface area contributed by atoms with Crippen LogP contribution in [0.2, 0.25) is 15.1 Å². The number of aromatic nitrogens is 1. The Labute approximate surface area is 121 Å². The van der Waals surface area contributed by atoms with E-state index in [1.54, 1.807) is 18.3 Å². The number of hydrogen-bond donors (Lipinski definition) is 1. The first-order valence-electron chi connectivity index (χ1n) is 5.39. The molecule has 1 aromatic heterocycles. The molecule has 18 heavy (non-hydrogen) atoms. The molecule has 0 radical (unpaired) electrons. The zero-order valence-electron chi connectivity index (χ0n) is 9.62. The van der Waals surface area contributed by atoms with Crippen LogP contribution < -0.4 is 5.32 Å². The zero-order valence-corrected chi connectivity index (χ0v) is 11.9. The topological polar surface area (TPSA) is 24.9 Å². The number of rotatable bonds is 3. The fourth-order valence-corrected chi connectivity index (χ4v) is 2.18. The number of pyridine rings is 1. The van der Waals surface area contributed by atoms with Crippen molar-refractivity contribution in [1.29, 1.82) is 0 Å². The second kappa shape index (κ2) is 5.79. The van der Waals surface area contributed by atoms with Gasteiger partial charge in [-0.1, -0.05) is 40.9 Å². The average Bonchev–Trinajstić information content (AvgIpc) is 2.37. The summed E-state index contributed by atoms with van der Waals surface area (Å²) in [4.78, 5) is 4.08. The van der Waals surface area contributed by atoms with Crippen LogP contribution in [0.25, 0.3) is 0 Å². The number of hydrogen-bond acceptors (Lipinski definition) is 2. The number of nitrogens with one attached hydrogen (secondary N) is 1. The highest BCUT2D eigenvalue weighted by Crippen LogP contribution is 2.33. The van der Waals surface area contributed by atoms with E-state index in [9.17, 15) is 0 Å². The molecule has 0 amide bonds. The average molecular weight is 302 g/mol. The van der Waals surface area contributed by atoms with Gasteiger partial charge in [0.05, 0.1) is 26.8 Å². The molecule has 0 saturated heterocycles. The third-order valence-electron chi connectivity index (χ3n) is 2.57.